The molecule has 1 aromatic rings. The highest BCUT2D eigenvalue weighted by atomic mass is 32.1. The summed E-state index contributed by atoms with van der Waals surface area (Å²) < 4.78 is 9.83. The van der Waals surface area contributed by atoms with Crippen LogP contribution >= 0.6 is 11.3 Å². The molecular formula is C13H19NO4S. The molecule has 0 radical (unpaired) electrons. The van der Waals surface area contributed by atoms with Crippen LogP contribution in [0.1, 0.15) is 42.4 Å². The normalized spacial score (nSPS) is 11.2. The highest BCUT2D eigenvalue weighted by molar-refractivity contribution is 7.12. The maximum absolute atomic E-state index is 11.6. The number of esters is 2. The molecule has 106 valence electrons. The molecule has 0 amide bonds. The SMILES string of the molecule is COC(=O)c1scc(CCC(=O)OC(C)(C)C)c1N. The molecule has 0 aliphatic carbocycles. The van der Waals surface area contributed by atoms with Crippen LogP contribution in [0.2, 0.25) is 0 Å². The van der Waals surface area contributed by atoms with E-state index in [-0.39, 0.29) is 12.4 Å². The average Bonchev–Trinajstić information content (AvgIpc) is 2.65. The van der Waals surface area contributed by atoms with Crippen LogP contribution in [0.15, 0.2) is 5.38 Å². The third kappa shape index (κ3) is 4.55. The molecule has 5 nitrogen and oxygen atoms in total. The first-order valence-corrected chi connectivity index (χ1v) is 6.78. The van der Waals surface area contributed by atoms with Gasteiger partial charge in [-0.25, -0.2) is 4.79 Å². The number of ether oxygens (including phenoxy) is 2. The van der Waals surface area contributed by atoms with E-state index in [0.717, 1.165) is 5.56 Å². The highest BCUT2D eigenvalue weighted by Crippen LogP contribution is 2.27. The fourth-order valence-corrected chi connectivity index (χ4v) is 2.42. The zero-order valence-electron chi connectivity index (χ0n) is 11.6. The van der Waals surface area contributed by atoms with Gasteiger partial charge in [-0.05, 0) is 38.1 Å². The molecule has 6 heteroatoms. The lowest BCUT2D eigenvalue weighted by atomic mass is 10.1. The van der Waals surface area contributed by atoms with E-state index in [9.17, 15) is 9.59 Å². The molecule has 1 rings (SSSR count). The van der Waals surface area contributed by atoms with Gasteiger partial charge in [0, 0.05) is 6.42 Å². The zero-order valence-corrected chi connectivity index (χ0v) is 12.4. The Morgan fingerprint density at radius 3 is 2.53 bits per heavy atom. The molecule has 2 N–H and O–H groups in total. The van der Waals surface area contributed by atoms with Gasteiger partial charge < -0.3 is 15.2 Å². The lowest BCUT2D eigenvalue weighted by molar-refractivity contribution is -0.154. The first-order valence-electron chi connectivity index (χ1n) is 5.90. The van der Waals surface area contributed by atoms with E-state index < -0.39 is 11.6 Å². The Morgan fingerprint density at radius 2 is 2.00 bits per heavy atom. The van der Waals surface area contributed by atoms with Crippen LogP contribution in [0.5, 0.6) is 0 Å². The van der Waals surface area contributed by atoms with E-state index >= 15 is 0 Å². The van der Waals surface area contributed by atoms with Crippen LogP contribution < -0.4 is 5.73 Å². The minimum Gasteiger partial charge on any atom is -0.465 e. The molecule has 0 aromatic carbocycles. The highest BCUT2D eigenvalue weighted by Gasteiger charge is 2.19. The van der Waals surface area contributed by atoms with Crippen molar-refractivity contribution in [1.82, 2.24) is 0 Å². The maximum atomic E-state index is 11.6. The molecule has 0 bridgehead atoms. The van der Waals surface area contributed by atoms with Gasteiger partial charge >= 0.3 is 11.9 Å². The van der Waals surface area contributed by atoms with E-state index in [0.29, 0.717) is 17.0 Å². The van der Waals surface area contributed by atoms with Crippen molar-refractivity contribution >= 4 is 29.0 Å². The summed E-state index contributed by atoms with van der Waals surface area (Å²) in [5.41, 5.74) is 6.52. The summed E-state index contributed by atoms with van der Waals surface area (Å²) in [4.78, 5) is 23.4. The molecule has 0 saturated carbocycles. The largest absolute Gasteiger partial charge is 0.465 e. The van der Waals surface area contributed by atoms with Crippen molar-refractivity contribution in [2.75, 3.05) is 12.8 Å². The van der Waals surface area contributed by atoms with Crippen LogP contribution in [-0.4, -0.2) is 24.6 Å². The monoisotopic (exact) mass is 285 g/mol. The minimum atomic E-state index is -0.492. The van der Waals surface area contributed by atoms with Gasteiger partial charge in [0.25, 0.3) is 0 Å². The van der Waals surface area contributed by atoms with E-state index in [4.69, 9.17) is 10.5 Å². The second kappa shape index (κ2) is 6.06. The number of carbonyl (C=O) groups excluding carboxylic acids is 2. The Balaban J connectivity index is 2.62. The number of hydrogen-bond donors (Lipinski definition) is 1. The van der Waals surface area contributed by atoms with Gasteiger partial charge in [0.2, 0.25) is 0 Å². The molecule has 0 aliphatic heterocycles. The smallest absolute Gasteiger partial charge is 0.350 e. The number of carbonyl (C=O) groups is 2. The number of rotatable bonds is 4. The van der Waals surface area contributed by atoms with Crippen LogP contribution in [0.25, 0.3) is 0 Å². The van der Waals surface area contributed by atoms with Crippen LogP contribution in [0, 0.1) is 0 Å². The summed E-state index contributed by atoms with van der Waals surface area (Å²) in [7, 11) is 1.31. The number of methoxy groups -OCH3 is 1. The van der Waals surface area contributed by atoms with Gasteiger partial charge in [-0.3, -0.25) is 4.79 Å². The van der Waals surface area contributed by atoms with E-state index in [1.807, 2.05) is 20.8 Å². The number of aryl methyl sites for hydroxylation is 1. The lowest BCUT2D eigenvalue weighted by Crippen LogP contribution is -2.24. The Bertz CT molecular complexity index is 473. The molecule has 0 fully saturated rings. The zero-order chi connectivity index (χ0) is 14.6. The van der Waals surface area contributed by atoms with E-state index in [1.165, 1.54) is 18.4 Å². The number of thiophene rings is 1. The summed E-state index contributed by atoms with van der Waals surface area (Å²) in [6.45, 7) is 5.46. The van der Waals surface area contributed by atoms with Crippen LogP contribution in [0.4, 0.5) is 5.69 Å². The Labute approximate surface area is 116 Å². The molecule has 0 spiro atoms. The fourth-order valence-electron chi connectivity index (χ4n) is 1.48. The molecule has 0 unspecified atom stereocenters. The van der Waals surface area contributed by atoms with Crippen LogP contribution in [0.3, 0.4) is 0 Å². The molecule has 0 aliphatic rings. The Morgan fingerprint density at radius 1 is 1.37 bits per heavy atom. The number of nitrogens with two attached hydrogens (primary N) is 1. The van der Waals surface area contributed by atoms with E-state index in [2.05, 4.69) is 4.74 Å². The lowest BCUT2D eigenvalue weighted by Gasteiger charge is -2.19. The third-order valence-electron chi connectivity index (χ3n) is 2.30. The van der Waals surface area contributed by atoms with Crippen molar-refractivity contribution in [2.24, 2.45) is 0 Å². The van der Waals surface area contributed by atoms with Crippen LogP contribution in [-0.2, 0) is 20.7 Å². The Hall–Kier alpha value is -1.56. The topological polar surface area (TPSA) is 78.6 Å². The summed E-state index contributed by atoms with van der Waals surface area (Å²) in [5, 5.41) is 1.77. The third-order valence-corrected chi connectivity index (χ3v) is 3.32. The average molecular weight is 285 g/mol. The quantitative estimate of drug-likeness (QED) is 0.859. The van der Waals surface area contributed by atoms with Crippen molar-refractivity contribution in [3.63, 3.8) is 0 Å². The molecular weight excluding hydrogens is 266 g/mol. The van der Waals surface area contributed by atoms with Crippen molar-refractivity contribution in [1.29, 1.82) is 0 Å². The second-order valence-electron chi connectivity index (χ2n) is 5.08. The minimum absolute atomic E-state index is 0.235. The fraction of sp³-hybridized carbons (Fsp3) is 0.538. The van der Waals surface area contributed by atoms with Gasteiger partial charge in [0.15, 0.2) is 0 Å². The van der Waals surface area contributed by atoms with E-state index in [1.54, 1.807) is 5.38 Å². The number of nitrogen functional groups attached to an aromatic ring is 1. The van der Waals surface area contributed by atoms with Crippen molar-refractivity contribution in [2.45, 2.75) is 39.2 Å². The predicted octanol–water partition coefficient (Wildman–Crippen LogP) is 2.39. The first-order chi connectivity index (χ1) is 8.74. The summed E-state index contributed by atoms with van der Waals surface area (Å²) in [5.74, 6) is -0.733. The summed E-state index contributed by atoms with van der Waals surface area (Å²) in [6.07, 6.45) is 0.688. The summed E-state index contributed by atoms with van der Waals surface area (Å²) >= 11 is 1.22. The molecule has 1 aromatic heterocycles. The molecule has 1 heterocycles. The Kier molecular flexibility index (Phi) is 4.94. The van der Waals surface area contributed by atoms with Gasteiger partial charge in [-0.1, -0.05) is 0 Å². The second-order valence-corrected chi connectivity index (χ2v) is 5.96. The number of anilines is 1. The maximum Gasteiger partial charge on any atom is 0.350 e. The van der Waals surface area contributed by atoms with Gasteiger partial charge in [0.05, 0.1) is 12.8 Å². The predicted molar refractivity (Wildman–Crippen MR) is 74.2 cm³/mol. The first kappa shape index (κ1) is 15.5. The molecule has 0 atom stereocenters. The van der Waals surface area contributed by atoms with Gasteiger partial charge in [-0.2, -0.15) is 0 Å². The van der Waals surface area contributed by atoms with Gasteiger partial charge in [-0.15, -0.1) is 11.3 Å². The summed E-state index contributed by atoms with van der Waals surface area (Å²) in [6, 6.07) is 0. The van der Waals surface area contributed by atoms with Crippen molar-refractivity contribution in [3.8, 4) is 0 Å². The number of hydrogen-bond acceptors (Lipinski definition) is 6. The molecule has 0 saturated heterocycles. The van der Waals surface area contributed by atoms with Gasteiger partial charge in [0.1, 0.15) is 10.5 Å². The van der Waals surface area contributed by atoms with Crippen molar-refractivity contribution < 1.29 is 19.1 Å². The standard InChI is InChI=1S/C13H19NO4S/c1-13(2,3)18-9(15)6-5-8-7-19-11(10(8)14)12(16)17-4/h7H,5-6,14H2,1-4H3. The van der Waals surface area contributed by atoms with Crippen molar-refractivity contribution in [3.05, 3.63) is 15.8 Å². The molecule has 19 heavy (non-hydrogen) atoms.